The van der Waals surface area contributed by atoms with Crippen LogP contribution in [0.25, 0.3) is 0 Å². The second-order valence-electron chi connectivity index (χ2n) is 11.5. The number of nitrogens with one attached hydrogen (secondary N) is 1. The number of methoxy groups -OCH3 is 1. The van der Waals surface area contributed by atoms with Crippen molar-refractivity contribution in [2.45, 2.75) is 77.2 Å². The number of rotatable bonds is 9. The van der Waals surface area contributed by atoms with E-state index in [2.05, 4.69) is 36.3 Å². The van der Waals surface area contributed by atoms with Crippen LogP contribution in [0.5, 0.6) is 11.5 Å². The van der Waals surface area contributed by atoms with Crippen molar-refractivity contribution in [1.29, 1.82) is 0 Å². The summed E-state index contributed by atoms with van der Waals surface area (Å²) in [6, 6.07) is 21.1. The van der Waals surface area contributed by atoms with Gasteiger partial charge in [0.15, 0.2) is 5.72 Å². The number of hydrogen-bond donors (Lipinski definition) is 1. The van der Waals surface area contributed by atoms with E-state index in [1.54, 1.807) is 18.2 Å². The Labute approximate surface area is 236 Å². The normalized spacial score (nSPS) is 14.4. The number of ether oxygens (including phenoxy) is 4. The quantitative estimate of drug-likeness (QED) is 0.240. The molecule has 40 heavy (non-hydrogen) atoms. The summed E-state index contributed by atoms with van der Waals surface area (Å²) in [5.74, 6) is 0.925. The third-order valence-corrected chi connectivity index (χ3v) is 6.94. The highest BCUT2D eigenvalue weighted by Crippen LogP contribution is 2.37. The largest absolute Gasteiger partial charge is 0.487 e. The lowest BCUT2D eigenvalue weighted by Crippen LogP contribution is -2.58. The maximum absolute atomic E-state index is 12.3. The molecule has 212 valence electrons. The van der Waals surface area contributed by atoms with E-state index in [-0.39, 0.29) is 17.7 Å². The Kier molecular flexibility index (Phi) is 8.37. The number of carbonyl (C=O) groups excluding carboxylic acids is 2. The number of benzene rings is 2. The third-order valence-electron chi connectivity index (χ3n) is 6.94. The van der Waals surface area contributed by atoms with Gasteiger partial charge in [-0.15, -0.1) is 0 Å². The predicted molar refractivity (Wildman–Crippen MR) is 152 cm³/mol. The van der Waals surface area contributed by atoms with Crippen molar-refractivity contribution in [3.8, 4) is 11.5 Å². The van der Waals surface area contributed by atoms with Crippen molar-refractivity contribution >= 4 is 12.1 Å². The van der Waals surface area contributed by atoms with Crippen LogP contribution in [0.15, 0.2) is 66.7 Å². The zero-order chi connectivity index (χ0) is 29.0. The summed E-state index contributed by atoms with van der Waals surface area (Å²) < 4.78 is 22.3. The first-order chi connectivity index (χ1) is 18.9. The van der Waals surface area contributed by atoms with E-state index >= 15 is 0 Å². The van der Waals surface area contributed by atoms with Crippen LogP contribution in [0.3, 0.4) is 0 Å². The second kappa shape index (κ2) is 11.6. The molecule has 0 saturated heterocycles. The summed E-state index contributed by atoms with van der Waals surface area (Å²) in [5.41, 5.74) is 1.57. The average Bonchev–Trinajstić information content (AvgIpc) is 2.90. The lowest BCUT2D eigenvalue weighted by atomic mass is 9.78. The SMILES string of the molecule is COC(=O)c1cccc(COc2ccc(C(C)(C)c3ccc(OC4(NC(=O)OC(C)(C)C)CCC4)cc3)cc2)n1. The van der Waals surface area contributed by atoms with Gasteiger partial charge in [0.1, 0.15) is 29.4 Å². The number of carbonyl (C=O) groups is 2. The fourth-order valence-corrected chi connectivity index (χ4v) is 4.48. The van der Waals surface area contributed by atoms with E-state index in [1.807, 2.05) is 57.2 Å². The number of amides is 1. The molecule has 0 radical (unpaired) electrons. The summed E-state index contributed by atoms with van der Waals surface area (Å²) in [4.78, 5) is 28.3. The van der Waals surface area contributed by atoms with Gasteiger partial charge in [-0.1, -0.05) is 44.2 Å². The highest BCUT2D eigenvalue weighted by atomic mass is 16.6. The van der Waals surface area contributed by atoms with E-state index < -0.39 is 23.4 Å². The van der Waals surface area contributed by atoms with Crippen LogP contribution in [0, 0.1) is 0 Å². The summed E-state index contributed by atoms with van der Waals surface area (Å²) in [6.45, 7) is 10.1. The number of alkyl carbamates (subject to hydrolysis) is 1. The van der Waals surface area contributed by atoms with Gasteiger partial charge in [-0.2, -0.15) is 0 Å². The maximum atomic E-state index is 12.3. The number of hydrogen-bond acceptors (Lipinski definition) is 7. The number of nitrogens with zero attached hydrogens (tertiary/aromatic N) is 1. The molecule has 1 aliphatic carbocycles. The van der Waals surface area contributed by atoms with Gasteiger partial charge in [0, 0.05) is 18.3 Å². The summed E-state index contributed by atoms with van der Waals surface area (Å²) in [7, 11) is 1.33. The molecule has 1 aliphatic rings. The van der Waals surface area contributed by atoms with Gasteiger partial charge >= 0.3 is 12.1 Å². The number of aromatic nitrogens is 1. The first-order valence-corrected chi connectivity index (χ1v) is 13.5. The van der Waals surface area contributed by atoms with Gasteiger partial charge in [-0.3, -0.25) is 5.32 Å². The summed E-state index contributed by atoms with van der Waals surface area (Å²) >= 11 is 0. The highest BCUT2D eigenvalue weighted by molar-refractivity contribution is 5.87. The van der Waals surface area contributed by atoms with Gasteiger partial charge in [-0.25, -0.2) is 14.6 Å². The summed E-state index contributed by atoms with van der Waals surface area (Å²) in [5, 5.41) is 2.92. The van der Waals surface area contributed by atoms with Crippen LogP contribution in [-0.4, -0.2) is 35.5 Å². The van der Waals surface area contributed by atoms with E-state index in [9.17, 15) is 9.59 Å². The van der Waals surface area contributed by atoms with Crippen molar-refractivity contribution in [2.75, 3.05) is 7.11 Å². The van der Waals surface area contributed by atoms with E-state index in [0.717, 1.165) is 30.4 Å². The third kappa shape index (κ3) is 7.11. The lowest BCUT2D eigenvalue weighted by Gasteiger charge is -2.42. The first-order valence-electron chi connectivity index (χ1n) is 13.5. The maximum Gasteiger partial charge on any atom is 0.410 e. The monoisotopic (exact) mass is 546 g/mol. The van der Waals surface area contributed by atoms with Crippen LogP contribution in [0.4, 0.5) is 4.79 Å². The molecule has 8 nitrogen and oxygen atoms in total. The molecule has 1 aromatic heterocycles. The molecule has 1 saturated carbocycles. The molecule has 4 rings (SSSR count). The van der Waals surface area contributed by atoms with E-state index in [0.29, 0.717) is 17.2 Å². The Morgan fingerprint density at radius 1 is 0.875 bits per heavy atom. The first kappa shape index (κ1) is 28.9. The van der Waals surface area contributed by atoms with Crippen molar-refractivity contribution in [1.82, 2.24) is 10.3 Å². The Morgan fingerprint density at radius 3 is 2.00 bits per heavy atom. The zero-order valence-electron chi connectivity index (χ0n) is 24.1. The molecule has 0 bridgehead atoms. The van der Waals surface area contributed by atoms with Gasteiger partial charge in [0.05, 0.1) is 12.8 Å². The Hall–Kier alpha value is -4.07. The van der Waals surface area contributed by atoms with E-state index in [4.69, 9.17) is 18.9 Å². The predicted octanol–water partition coefficient (Wildman–Crippen LogP) is 6.56. The van der Waals surface area contributed by atoms with Crippen LogP contribution in [0.2, 0.25) is 0 Å². The zero-order valence-corrected chi connectivity index (χ0v) is 24.1. The minimum atomic E-state index is -0.731. The van der Waals surface area contributed by atoms with Crippen LogP contribution < -0.4 is 14.8 Å². The molecule has 8 heteroatoms. The Morgan fingerprint density at radius 2 is 1.48 bits per heavy atom. The fraction of sp³-hybridized carbons (Fsp3) is 0.406. The molecular formula is C32H38N2O6. The molecule has 0 atom stereocenters. The van der Waals surface area contributed by atoms with Crippen molar-refractivity contribution in [3.63, 3.8) is 0 Å². The number of esters is 1. The summed E-state index contributed by atoms with van der Waals surface area (Å²) in [6.07, 6.45) is 1.99. The molecule has 2 aromatic carbocycles. The molecule has 0 unspecified atom stereocenters. The second-order valence-corrected chi connectivity index (χ2v) is 11.5. The van der Waals surface area contributed by atoms with Gasteiger partial charge < -0.3 is 18.9 Å². The molecule has 0 aliphatic heterocycles. The van der Waals surface area contributed by atoms with Crippen molar-refractivity contribution in [3.05, 3.63) is 89.2 Å². The van der Waals surface area contributed by atoms with Crippen LogP contribution in [-0.2, 0) is 21.5 Å². The molecule has 1 fully saturated rings. The van der Waals surface area contributed by atoms with Gasteiger partial charge in [0.25, 0.3) is 0 Å². The number of pyridine rings is 1. The van der Waals surface area contributed by atoms with Crippen LogP contribution in [0.1, 0.15) is 81.2 Å². The molecule has 3 aromatic rings. The van der Waals surface area contributed by atoms with Gasteiger partial charge in [0.2, 0.25) is 0 Å². The Balaban J connectivity index is 1.38. The van der Waals surface area contributed by atoms with Crippen LogP contribution >= 0.6 is 0 Å². The Bertz CT molecular complexity index is 1320. The minimum absolute atomic E-state index is 0.235. The van der Waals surface area contributed by atoms with Crippen molar-refractivity contribution in [2.24, 2.45) is 0 Å². The molecule has 1 heterocycles. The van der Waals surface area contributed by atoms with Gasteiger partial charge in [-0.05, 0) is 74.7 Å². The lowest BCUT2D eigenvalue weighted by molar-refractivity contribution is -0.0458. The van der Waals surface area contributed by atoms with E-state index in [1.165, 1.54) is 7.11 Å². The molecule has 1 amide bonds. The fourth-order valence-electron chi connectivity index (χ4n) is 4.48. The smallest absolute Gasteiger partial charge is 0.410 e. The molecule has 0 spiro atoms. The van der Waals surface area contributed by atoms with Crippen molar-refractivity contribution < 1.29 is 28.5 Å². The minimum Gasteiger partial charge on any atom is -0.487 e. The topological polar surface area (TPSA) is 96.0 Å². The molecular weight excluding hydrogens is 508 g/mol. The standard InChI is InChI=1S/C32H38N2O6/c1-30(2,3)40-29(36)34-32(19-8-20-32)39-26-17-13-23(14-18-26)31(4,5)22-11-15-25(16-12-22)38-21-24-9-7-10-27(33-24)28(35)37-6/h7,9-18H,8,19-21H2,1-6H3,(H,34,36). The average molecular weight is 547 g/mol. The molecule has 1 N–H and O–H groups in total. The highest BCUT2D eigenvalue weighted by Gasteiger charge is 2.42.